The third kappa shape index (κ3) is 5.83. The highest BCUT2D eigenvalue weighted by Crippen LogP contribution is 2.14. The van der Waals surface area contributed by atoms with Gasteiger partial charge in [0.15, 0.2) is 5.96 Å². The summed E-state index contributed by atoms with van der Waals surface area (Å²) in [7, 11) is 1.79. The second kappa shape index (κ2) is 9.71. The van der Waals surface area contributed by atoms with Gasteiger partial charge in [0.05, 0.1) is 6.10 Å². The minimum atomic E-state index is -0.109. The lowest BCUT2D eigenvalue weighted by molar-refractivity contribution is 0.0792. The molecule has 1 aromatic carbocycles. The number of guanidine groups is 1. The van der Waals surface area contributed by atoms with Crippen LogP contribution in [0.1, 0.15) is 29.5 Å². The van der Waals surface area contributed by atoms with Crippen molar-refractivity contribution in [1.29, 1.82) is 0 Å². The molecular formula is C20H28N4OS. The highest BCUT2D eigenvalue weighted by atomic mass is 32.1. The van der Waals surface area contributed by atoms with E-state index >= 15 is 0 Å². The Bertz CT molecular complexity index is 676. The van der Waals surface area contributed by atoms with Crippen LogP contribution in [0, 0.1) is 0 Å². The number of likely N-dealkylation sites (tertiary alicyclic amines) is 1. The summed E-state index contributed by atoms with van der Waals surface area (Å²) < 4.78 is 0. The van der Waals surface area contributed by atoms with Gasteiger partial charge in [-0.3, -0.25) is 9.89 Å². The molecule has 1 aromatic heterocycles. The summed E-state index contributed by atoms with van der Waals surface area (Å²) in [5.41, 5.74) is 3.83. The molecule has 1 saturated heterocycles. The quantitative estimate of drug-likeness (QED) is 0.539. The van der Waals surface area contributed by atoms with Crippen molar-refractivity contribution < 1.29 is 5.11 Å². The second-order valence-electron chi connectivity index (χ2n) is 6.73. The molecule has 1 aliphatic rings. The Morgan fingerprint density at radius 1 is 1.08 bits per heavy atom. The Kier molecular flexibility index (Phi) is 7.05. The number of nitrogens with zero attached hydrogens (tertiary/aromatic N) is 2. The van der Waals surface area contributed by atoms with Crippen LogP contribution in [-0.4, -0.2) is 42.2 Å². The Morgan fingerprint density at radius 2 is 1.73 bits per heavy atom. The van der Waals surface area contributed by atoms with E-state index in [4.69, 9.17) is 0 Å². The zero-order valence-corrected chi connectivity index (χ0v) is 16.1. The first kappa shape index (κ1) is 18.9. The van der Waals surface area contributed by atoms with Crippen LogP contribution in [0.15, 0.2) is 46.1 Å². The Hall–Kier alpha value is -1.89. The van der Waals surface area contributed by atoms with Crippen molar-refractivity contribution in [3.63, 3.8) is 0 Å². The summed E-state index contributed by atoms with van der Waals surface area (Å²) in [6.45, 7) is 4.46. The molecule has 3 N–H and O–H groups in total. The number of piperidine rings is 1. The number of aliphatic imine (C=N–C) groups is 1. The molecular weight excluding hydrogens is 344 g/mol. The van der Waals surface area contributed by atoms with Crippen LogP contribution in [0.4, 0.5) is 0 Å². The lowest BCUT2D eigenvalue weighted by atomic mass is 10.1. The van der Waals surface area contributed by atoms with Gasteiger partial charge in [0.25, 0.3) is 0 Å². The lowest BCUT2D eigenvalue weighted by Gasteiger charge is -2.29. The van der Waals surface area contributed by atoms with Crippen LogP contribution in [0.5, 0.6) is 0 Å². The number of hydrogen-bond donors (Lipinski definition) is 3. The fourth-order valence-corrected chi connectivity index (χ4v) is 3.75. The number of rotatable bonds is 6. The summed E-state index contributed by atoms with van der Waals surface area (Å²) in [5.74, 6) is 0.812. The van der Waals surface area contributed by atoms with Crippen molar-refractivity contribution in [3.8, 4) is 0 Å². The normalized spacial score (nSPS) is 16.6. The van der Waals surface area contributed by atoms with E-state index in [9.17, 15) is 5.11 Å². The lowest BCUT2D eigenvalue weighted by Crippen LogP contribution is -2.36. The SMILES string of the molecule is CN=C(NCc1ccc(CN2CCC(O)CC2)cc1)NCc1ccsc1. The minimum absolute atomic E-state index is 0.109. The molecule has 0 bridgehead atoms. The zero-order valence-electron chi connectivity index (χ0n) is 15.3. The number of nitrogens with one attached hydrogen (secondary N) is 2. The summed E-state index contributed by atoms with van der Waals surface area (Å²) in [5, 5.41) is 20.5. The maximum atomic E-state index is 9.60. The van der Waals surface area contributed by atoms with E-state index in [2.05, 4.69) is 61.6 Å². The third-order valence-electron chi connectivity index (χ3n) is 4.71. The van der Waals surface area contributed by atoms with Crippen LogP contribution in [0.2, 0.25) is 0 Å². The fraction of sp³-hybridized carbons (Fsp3) is 0.450. The molecule has 140 valence electrons. The number of hydrogen-bond acceptors (Lipinski definition) is 4. The molecule has 1 fully saturated rings. The number of aliphatic hydroxyl groups is 1. The van der Waals surface area contributed by atoms with Gasteiger partial charge in [0.1, 0.15) is 0 Å². The maximum Gasteiger partial charge on any atom is 0.191 e. The predicted molar refractivity (Wildman–Crippen MR) is 108 cm³/mol. The van der Waals surface area contributed by atoms with Crippen LogP contribution in [0.3, 0.4) is 0 Å². The number of thiophene rings is 1. The molecule has 1 aliphatic heterocycles. The molecule has 3 rings (SSSR count). The van der Waals surface area contributed by atoms with Crippen LogP contribution < -0.4 is 10.6 Å². The summed E-state index contributed by atoms with van der Waals surface area (Å²) in [6, 6.07) is 10.9. The molecule has 0 radical (unpaired) electrons. The molecule has 2 heterocycles. The minimum Gasteiger partial charge on any atom is -0.393 e. The van der Waals surface area contributed by atoms with E-state index in [0.29, 0.717) is 0 Å². The van der Waals surface area contributed by atoms with Crippen LogP contribution in [-0.2, 0) is 19.6 Å². The van der Waals surface area contributed by atoms with Gasteiger partial charge in [-0.2, -0.15) is 11.3 Å². The molecule has 0 saturated carbocycles. The summed E-state index contributed by atoms with van der Waals surface area (Å²) in [6.07, 6.45) is 1.67. The van der Waals surface area contributed by atoms with E-state index in [1.165, 1.54) is 16.7 Å². The van der Waals surface area contributed by atoms with Crippen molar-refractivity contribution in [2.75, 3.05) is 20.1 Å². The van der Waals surface area contributed by atoms with E-state index in [0.717, 1.165) is 51.5 Å². The largest absolute Gasteiger partial charge is 0.393 e. The molecule has 0 unspecified atom stereocenters. The first-order valence-electron chi connectivity index (χ1n) is 9.17. The molecule has 0 aliphatic carbocycles. The second-order valence-corrected chi connectivity index (χ2v) is 7.51. The van der Waals surface area contributed by atoms with Gasteiger partial charge in [-0.1, -0.05) is 24.3 Å². The maximum absolute atomic E-state index is 9.60. The van der Waals surface area contributed by atoms with Crippen LogP contribution >= 0.6 is 11.3 Å². The average Bonchev–Trinajstić information content (AvgIpc) is 3.18. The smallest absolute Gasteiger partial charge is 0.191 e. The van der Waals surface area contributed by atoms with Crippen molar-refractivity contribution >= 4 is 17.3 Å². The fourth-order valence-electron chi connectivity index (χ4n) is 3.08. The molecule has 26 heavy (non-hydrogen) atoms. The first-order chi connectivity index (χ1) is 12.7. The van der Waals surface area contributed by atoms with E-state index in [1.807, 2.05) is 0 Å². The van der Waals surface area contributed by atoms with Crippen molar-refractivity contribution in [1.82, 2.24) is 15.5 Å². The topological polar surface area (TPSA) is 59.9 Å². The van der Waals surface area contributed by atoms with Crippen molar-refractivity contribution in [2.24, 2.45) is 4.99 Å². The van der Waals surface area contributed by atoms with Gasteiger partial charge >= 0.3 is 0 Å². The van der Waals surface area contributed by atoms with Gasteiger partial charge < -0.3 is 15.7 Å². The standard InChI is InChI=1S/C20H28N4OS/c1-21-20(23-13-18-8-11-26-15-18)22-12-16-2-4-17(5-3-16)14-24-9-6-19(25)7-10-24/h2-5,8,11,15,19,25H,6-7,9-10,12-14H2,1H3,(H2,21,22,23). The van der Waals surface area contributed by atoms with E-state index < -0.39 is 0 Å². The Labute approximate surface area is 159 Å². The molecule has 0 amide bonds. The van der Waals surface area contributed by atoms with Gasteiger partial charge in [0, 0.05) is 39.8 Å². The summed E-state index contributed by atoms with van der Waals surface area (Å²) >= 11 is 1.71. The van der Waals surface area contributed by atoms with Crippen molar-refractivity contribution in [3.05, 3.63) is 57.8 Å². The van der Waals surface area contributed by atoms with Crippen LogP contribution in [0.25, 0.3) is 0 Å². The predicted octanol–water partition coefficient (Wildman–Crippen LogP) is 2.57. The zero-order chi connectivity index (χ0) is 18.2. The number of benzene rings is 1. The average molecular weight is 373 g/mol. The number of aliphatic hydroxyl groups excluding tert-OH is 1. The highest BCUT2D eigenvalue weighted by Gasteiger charge is 2.16. The molecule has 0 spiro atoms. The molecule has 6 heteroatoms. The van der Waals surface area contributed by atoms with E-state index in [1.54, 1.807) is 18.4 Å². The first-order valence-corrected chi connectivity index (χ1v) is 10.1. The Morgan fingerprint density at radius 3 is 2.35 bits per heavy atom. The highest BCUT2D eigenvalue weighted by molar-refractivity contribution is 7.07. The molecule has 2 aromatic rings. The molecule has 5 nitrogen and oxygen atoms in total. The van der Waals surface area contributed by atoms with E-state index in [-0.39, 0.29) is 6.10 Å². The van der Waals surface area contributed by atoms with Gasteiger partial charge in [-0.15, -0.1) is 0 Å². The van der Waals surface area contributed by atoms with Gasteiger partial charge in [0.2, 0.25) is 0 Å². The monoisotopic (exact) mass is 372 g/mol. The van der Waals surface area contributed by atoms with Gasteiger partial charge in [-0.05, 0) is 46.4 Å². The molecule has 0 atom stereocenters. The van der Waals surface area contributed by atoms with Crippen molar-refractivity contribution in [2.45, 2.75) is 38.6 Å². The Balaban J connectivity index is 1.43. The third-order valence-corrected chi connectivity index (χ3v) is 5.44. The van der Waals surface area contributed by atoms with Gasteiger partial charge in [-0.25, -0.2) is 0 Å². The summed E-state index contributed by atoms with van der Waals surface area (Å²) in [4.78, 5) is 6.69.